The van der Waals surface area contributed by atoms with Gasteiger partial charge in [0, 0.05) is 12.8 Å². The Bertz CT molecular complexity index is 414. The molecule has 0 aromatic heterocycles. The summed E-state index contributed by atoms with van der Waals surface area (Å²) in [7, 11) is 1.70. The number of carbonyl (C=O) groups excluding carboxylic acids is 1. The van der Waals surface area contributed by atoms with Crippen LogP contribution in [0.2, 0.25) is 0 Å². The highest BCUT2D eigenvalue weighted by molar-refractivity contribution is 5.78. The lowest BCUT2D eigenvalue weighted by Gasteiger charge is -2.23. The molecule has 0 saturated carbocycles. The van der Waals surface area contributed by atoms with Crippen LogP contribution in [-0.2, 0) is 16.6 Å². The van der Waals surface area contributed by atoms with Gasteiger partial charge in [-0.25, -0.2) is 0 Å². The van der Waals surface area contributed by atoms with Gasteiger partial charge in [0.25, 0.3) is 0 Å². The van der Waals surface area contributed by atoms with Crippen LogP contribution in [0.25, 0.3) is 0 Å². The molecule has 0 atom stereocenters. The Hall–Kier alpha value is -1.31. The molecule has 1 aromatic carbocycles. The van der Waals surface area contributed by atoms with Crippen LogP contribution in [0.15, 0.2) is 18.2 Å². The van der Waals surface area contributed by atoms with Crippen molar-refractivity contribution in [2.45, 2.75) is 52.4 Å². The molecule has 0 amide bonds. The molecule has 1 rings (SSSR count). The Morgan fingerprint density at radius 1 is 1.28 bits per heavy atom. The van der Waals surface area contributed by atoms with Crippen LogP contribution >= 0.6 is 0 Å². The second-order valence-electron chi connectivity index (χ2n) is 5.68. The zero-order valence-corrected chi connectivity index (χ0v) is 12.2. The van der Waals surface area contributed by atoms with Crippen LogP contribution < -0.4 is 4.74 Å². The summed E-state index contributed by atoms with van der Waals surface area (Å²) in [6, 6.07) is 6.23. The Balaban J connectivity index is 2.93. The smallest absolute Gasteiger partial charge is 0.132 e. The first-order chi connectivity index (χ1) is 8.38. The van der Waals surface area contributed by atoms with E-state index < -0.39 is 0 Å². The van der Waals surface area contributed by atoms with Gasteiger partial charge in [0.1, 0.15) is 11.5 Å². The van der Waals surface area contributed by atoms with Gasteiger partial charge >= 0.3 is 0 Å². The minimum atomic E-state index is 0.0517. The average molecular weight is 248 g/mol. The third kappa shape index (κ3) is 3.86. The van der Waals surface area contributed by atoms with E-state index in [2.05, 4.69) is 32.9 Å². The largest absolute Gasteiger partial charge is 0.496 e. The van der Waals surface area contributed by atoms with Crippen LogP contribution in [0.4, 0.5) is 0 Å². The SMILES string of the molecule is CCC(=O)CCc1ccc(OC)c(C(C)(C)C)c1. The van der Waals surface area contributed by atoms with E-state index in [1.165, 1.54) is 11.1 Å². The summed E-state index contributed by atoms with van der Waals surface area (Å²) in [6.07, 6.45) is 2.08. The molecule has 0 bridgehead atoms. The van der Waals surface area contributed by atoms with E-state index >= 15 is 0 Å². The quantitative estimate of drug-likeness (QED) is 0.790. The fourth-order valence-electron chi connectivity index (χ4n) is 1.96. The highest BCUT2D eigenvalue weighted by Gasteiger charge is 2.19. The monoisotopic (exact) mass is 248 g/mol. The van der Waals surface area contributed by atoms with Crippen LogP contribution in [-0.4, -0.2) is 12.9 Å². The van der Waals surface area contributed by atoms with E-state index in [0.717, 1.165) is 12.2 Å². The normalized spacial score (nSPS) is 11.4. The number of ether oxygens (including phenoxy) is 1. The minimum absolute atomic E-state index is 0.0517. The Labute approximate surface area is 110 Å². The summed E-state index contributed by atoms with van der Waals surface area (Å²) in [4.78, 5) is 11.4. The van der Waals surface area contributed by atoms with E-state index in [4.69, 9.17) is 4.74 Å². The molecule has 0 aliphatic rings. The van der Waals surface area contributed by atoms with Gasteiger partial charge in [0.15, 0.2) is 0 Å². The molecule has 2 nitrogen and oxygen atoms in total. The third-order valence-electron chi connectivity index (χ3n) is 3.16. The number of Topliss-reactive ketones (excluding diaryl/α,β-unsaturated/α-hetero) is 1. The lowest BCUT2D eigenvalue weighted by molar-refractivity contribution is -0.118. The molecular formula is C16H24O2. The predicted molar refractivity (Wildman–Crippen MR) is 75.3 cm³/mol. The second-order valence-corrected chi connectivity index (χ2v) is 5.68. The van der Waals surface area contributed by atoms with Gasteiger partial charge in [0.2, 0.25) is 0 Å². The maximum absolute atomic E-state index is 11.4. The average Bonchev–Trinajstić information content (AvgIpc) is 2.34. The van der Waals surface area contributed by atoms with Crippen molar-refractivity contribution in [1.82, 2.24) is 0 Å². The highest BCUT2D eigenvalue weighted by atomic mass is 16.5. The van der Waals surface area contributed by atoms with Crippen LogP contribution in [0, 0.1) is 0 Å². The summed E-state index contributed by atoms with van der Waals surface area (Å²) in [5, 5.41) is 0. The maximum atomic E-state index is 11.4. The van der Waals surface area contributed by atoms with Crippen LogP contribution in [0.5, 0.6) is 5.75 Å². The first-order valence-electron chi connectivity index (χ1n) is 6.57. The van der Waals surface area contributed by atoms with Crippen molar-refractivity contribution >= 4 is 5.78 Å². The molecule has 0 fully saturated rings. The first-order valence-corrected chi connectivity index (χ1v) is 6.57. The molecule has 0 N–H and O–H groups in total. The molecule has 0 aliphatic carbocycles. The standard InChI is InChI=1S/C16H24O2/c1-6-13(17)9-7-12-8-10-15(18-5)14(11-12)16(2,3)4/h8,10-11H,6-7,9H2,1-5H3. The van der Waals surface area contributed by atoms with E-state index in [0.29, 0.717) is 18.6 Å². The van der Waals surface area contributed by atoms with Crippen molar-refractivity contribution in [3.8, 4) is 5.75 Å². The van der Waals surface area contributed by atoms with Gasteiger partial charge in [0.05, 0.1) is 7.11 Å². The fourth-order valence-corrected chi connectivity index (χ4v) is 1.96. The van der Waals surface area contributed by atoms with E-state index in [1.54, 1.807) is 7.11 Å². The molecule has 0 aliphatic heterocycles. The molecule has 0 spiro atoms. The van der Waals surface area contributed by atoms with Gasteiger partial charge in [-0.2, -0.15) is 0 Å². The minimum Gasteiger partial charge on any atom is -0.496 e. The maximum Gasteiger partial charge on any atom is 0.132 e. The molecule has 0 radical (unpaired) electrons. The Kier molecular flexibility index (Phi) is 4.94. The number of aryl methyl sites for hydroxylation is 1. The van der Waals surface area contributed by atoms with Gasteiger partial charge in [-0.1, -0.05) is 39.8 Å². The van der Waals surface area contributed by atoms with Gasteiger partial charge < -0.3 is 4.74 Å². The zero-order chi connectivity index (χ0) is 13.8. The van der Waals surface area contributed by atoms with Crippen molar-refractivity contribution < 1.29 is 9.53 Å². The van der Waals surface area contributed by atoms with Crippen LogP contribution in [0.3, 0.4) is 0 Å². The van der Waals surface area contributed by atoms with Crippen LogP contribution in [0.1, 0.15) is 51.7 Å². The summed E-state index contributed by atoms with van der Waals surface area (Å²) in [5.74, 6) is 1.25. The lowest BCUT2D eigenvalue weighted by Crippen LogP contribution is -2.13. The highest BCUT2D eigenvalue weighted by Crippen LogP contribution is 2.32. The molecule has 2 heteroatoms. The lowest BCUT2D eigenvalue weighted by atomic mass is 9.85. The van der Waals surface area contributed by atoms with E-state index in [9.17, 15) is 4.79 Å². The number of ketones is 1. The van der Waals surface area contributed by atoms with Crippen molar-refractivity contribution in [3.05, 3.63) is 29.3 Å². The Morgan fingerprint density at radius 3 is 2.44 bits per heavy atom. The molecule has 1 aromatic rings. The number of hydrogen-bond acceptors (Lipinski definition) is 2. The second kappa shape index (κ2) is 6.03. The first kappa shape index (κ1) is 14.7. The number of carbonyl (C=O) groups is 1. The molecule has 0 heterocycles. The zero-order valence-electron chi connectivity index (χ0n) is 12.2. The fraction of sp³-hybridized carbons (Fsp3) is 0.562. The van der Waals surface area contributed by atoms with E-state index in [1.807, 2.05) is 13.0 Å². The van der Waals surface area contributed by atoms with Gasteiger partial charge in [-0.15, -0.1) is 0 Å². The predicted octanol–water partition coefficient (Wildman–Crippen LogP) is 3.90. The Morgan fingerprint density at radius 2 is 1.94 bits per heavy atom. The van der Waals surface area contributed by atoms with Crippen molar-refractivity contribution in [2.75, 3.05) is 7.11 Å². The topological polar surface area (TPSA) is 26.3 Å². The van der Waals surface area contributed by atoms with Gasteiger partial charge in [-0.05, 0) is 29.0 Å². The molecular weight excluding hydrogens is 224 g/mol. The summed E-state index contributed by atoms with van der Waals surface area (Å²) >= 11 is 0. The summed E-state index contributed by atoms with van der Waals surface area (Å²) in [5.41, 5.74) is 2.46. The number of benzene rings is 1. The summed E-state index contributed by atoms with van der Waals surface area (Å²) in [6.45, 7) is 8.43. The number of hydrogen-bond donors (Lipinski definition) is 0. The van der Waals surface area contributed by atoms with Crippen molar-refractivity contribution in [1.29, 1.82) is 0 Å². The molecule has 0 unspecified atom stereocenters. The third-order valence-corrected chi connectivity index (χ3v) is 3.16. The molecule has 18 heavy (non-hydrogen) atoms. The number of methoxy groups -OCH3 is 1. The van der Waals surface area contributed by atoms with Gasteiger partial charge in [-0.3, -0.25) is 4.79 Å². The summed E-state index contributed by atoms with van der Waals surface area (Å²) < 4.78 is 5.41. The number of rotatable bonds is 5. The van der Waals surface area contributed by atoms with Crippen molar-refractivity contribution in [3.63, 3.8) is 0 Å². The molecule has 0 saturated heterocycles. The van der Waals surface area contributed by atoms with E-state index in [-0.39, 0.29) is 5.41 Å². The van der Waals surface area contributed by atoms with Crippen molar-refractivity contribution in [2.24, 2.45) is 0 Å². The molecule has 100 valence electrons.